The van der Waals surface area contributed by atoms with Crippen molar-refractivity contribution in [2.45, 2.75) is 41.5 Å². The molecule has 36 heavy (non-hydrogen) atoms. The smallest absolute Gasteiger partial charge is 0.240 e. The molecule has 0 aromatic heterocycles. The van der Waals surface area contributed by atoms with Gasteiger partial charge in [-0.3, -0.25) is 9.69 Å². The molecule has 0 bridgehead atoms. The van der Waals surface area contributed by atoms with E-state index in [0.29, 0.717) is 43.2 Å². The molecule has 0 N–H and O–H groups in total. The van der Waals surface area contributed by atoms with Crippen LogP contribution in [0.5, 0.6) is 5.75 Å². The Bertz CT molecular complexity index is 1020. The van der Waals surface area contributed by atoms with Gasteiger partial charge in [-0.05, 0) is 75.8 Å². The summed E-state index contributed by atoms with van der Waals surface area (Å²) < 4.78 is 19.6. The average Bonchev–Trinajstić information content (AvgIpc) is 3.33. The van der Waals surface area contributed by atoms with Crippen LogP contribution in [0.15, 0.2) is 53.4 Å². The van der Waals surface area contributed by atoms with E-state index in [2.05, 4.69) is 33.9 Å². The van der Waals surface area contributed by atoms with E-state index in [1.807, 2.05) is 40.9 Å². The quantitative estimate of drug-likeness (QED) is 0.586. The Balaban J connectivity index is 1.26. The Morgan fingerprint density at radius 1 is 0.972 bits per heavy atom. The van der Waals surface area contributed by atoms with Crippen LogP contribution in [0.4, 0.5) is 10.1 Å². The van der Waals surface area contributed by atoms with Gasteiger partial charge in [0.15, 0.2) is 0 Å². The van der Waals surface area contributed by atoms with Gasteiger partial charge in [0.1, 0.15) is 11.6 Å². The van der Waals surface area contributed by atoms with E-state index in [9.17, 15) is 9.18 Å². The molecule has 0 unspecified atom stereocenters. The Labute approximate surface area is 218 Å². The summed E-state index contributed by atoms with van der Waals surface area (Å²) in [5.74, 6) is 0.918. The number of anilines is 1. The molecule has 5 rings (SSSR count). The van der Waals surface area contributed by atoms with Crippen molar-refractivity contribution in [3.8, 4) is 5.75 Å². The zero-order valence-corrected chi connectivity index (χ0v) is 22.1. The fourth-order valence-corrected chi connectivity index (χ4v) is 7.02. The van der Waals surface area contributed by atoms with E-state index in [1.54, 1.807) is 13.2 Å². The molecule has 0 aliphatic carbocycles. The van der Waals surface area contributed by atoms with Gasteiger partial charge < -0.3 is 19.4 Å². The van der Waals surface area contributed by atoms with Crippen molar-refractivity contribution in [3.63, 3.8) is 0 Å². The Hall–Kier alpha value is -2.29. The SMILES string of the molecule is COc1ccc(S[C@@H]2C[C@@H](C(=O)N3CCN(c4ccccc4F)CC3)N(C3CCN(C)CC3)C2)cc1. The average molecular weight is 513 g/mol. The number of hydrogen-bond donors (Lipinski definition) is 0. The molecule has 3 heterocycles. The van der Waals surface area contributed by atoms with Crippen LogP contribution in [0.3, 0.4) is 0 Å². The second kappa shape index (κ2) is 11.4. The van der Waals surface area contributed by atoms with Crippen LogP contribution >= 0.6 is 11.8 Å². The summed E-state index contributed by atoms with van der Waals surface area (Å²) in [5, 5.41) is 0.381. The van der Waals surface area contributed by atoms with E-state index in [1.165, 1.54) is 11.0 Å². The molecular formula is C28H37FN4O2S. The number of para-hydroxylation sites is 1. The highest BCUT2D eigenvalue weighted by Crippen LogP contribution is 2.37. The standard InChI is InChI=1S/C28H37FN4O2S/c1-30-13-11-21(12-14-30)33-20-24(36-23-9-7-22(35-2)8-10-23)19-27(33)28(34)32-17-15-31(16-18-32)26-6-4-3-5-25(26)29/h3-10,21,24,27H,11-20H2,1-2H3/t24-,27+/m1/s1. The molecule has 8 heteroatoms. The zero-order valence-electron chi connectivity index (χ0n) is 21.3. The van der Waals surface area contributed by atoms with Gasteiger partial charge in [0.05, 0.1) is 18.8 Å². The summed E-state index contributed by atoms with van der Waals surface area (Å²) >= 11 is 1.88. The fourth-order valence-electron chi connectivity index (χ4n) is 5.81. The maximum absolute atomic E-state index is 14.3. The molecule has 0 radical (unpaired) electrons. The van der Waals surface area contributed by atoms with E-state index in [0.717, 1.165) is 44.6 Å². The number of thioether (sulfide) groups is 1. The minimum absolute atomic E-state index is 0.0748. The summed E-state index contributed by atoms with van der Waals surface area (Å²) in [6, 6.07) is 15.5. The molecule has 0 spiro atoms. The first kappa shape index (κ1) is 25.4. The summed E-state index contributed by atoms with van der Waals surface area (Å²) in [6.45, 7) is 5.72. The lowest BCUT2D eigenvalue weighted by Gasteiger charge is -2.41. The predicted octanol–water partition coefficient (Wildman–Crippen LogP) is 3.81. The number of carbonyl (C=O) groups excluding carboxylic acids is 1. The van der Waals surface area contributed by atoms with Gasteiger partial charge in [0, 0.05) is 48.9 Å². The number of piperidine rings is 1. The highest BCUT2D eigenvalue weighted by molar-refractivity contribution is 8.00. The third-order valence-corrected chi connectivity index (χ3v) is 9.11. The highest BCUT2D eigenvalue weighted by Gasteiger charge is 2.43. The molecule has 194 valence electrons. The van der Waals surface area contributed by atoms with Crippen molar-refractivity contribution in [1.82, 2.24) is 14.7 Å². The molecule has 6 nitrogen and oxygen atoms in total. The molecule has 3 aliphatic rings. The van der Waals surface area contributed by atoms with E-state index >= 15 is 0 Å². The first-order valence-electron chi connectivity index (χ1n) is 13.0. The fraction of sp³-hybridized carbons (Fsp3) is 0.536. The van der Waals surface area contributed by atoms with Gasteiger partial charge in [-0.25, -0.2) is 4.39 Å². The van der Waals surface area contributed by atoms with E-state index in [4.69, 9.17) is 4.74 Å². The first-order valence-corrected chi connectivity index (χ1v) is 13.9. The Morgan fingerprint density at radius 2 is 1.67 bits per heavy atom. The van der Waals surface area contributed by atoms with Crippen molar-refractivity contribution in [3.05, 3.63) is 54.3 Å². The van der Waals surface area contributed by atoms with Gasteiger partial charge in [-0.2, -0.15) is 0 Å². The van der Waals surface area contributed by atoms with Crippen LogP contribution in [0.25, 0.3) is 0 Å². The predicted molar refractivity (Wildman–Crippen MR) is 143 cm³/mol. The number of halogens is 1. The van der Waals surface area contributed by atoms with Gasteiger partial charge in [0.2, 0.25) is 5.91 Å². The van der Waals surface area contributed by atoms with Crippen molar-refractivity contribution < 1.29 is 13.9 Å². The lowest BCUT2D eigenvalue weighted by atomic mass is 10.0. The molecule has 2 aromatic rings. The molecule has 2 aromatic carbocycles. The number of ether oxygens (including phenoxy) is 1. The molecule has 3 saturated heterocycles. The number of carbonyl (C=O) groups is 1. The topological polar surface area (TPSA) is 39.3 Å². The van der Waals surface area contributed by atoms with Crippen LogP contribution in [-0.4, -0.2) is 97.9 Å². The van der Waals surface area contributed by atoms with Crippen molar-refractivity contribution in [1.29, 1.82) is 0 Å². The van der Waals surface area contributed by atoms with Gasteiger partial charge in [-0.1, -0.05) is 12.1 Å². The largest absolute Gasteiger partial charge is 0.497 e. The number of piperazine rings is 1. The summed E-state index contributed by atoms with van der Waals surface area (Å²) in [6.07, 6.45) is 3.10. The van der Waals surface area contributed by atoms with Crippen molar-refractivity contribution in [2.24, 2.45) is 0 Å². The monoisotopic (exact) mass is 512 g/mol. The minimum atomic E-state index is -0.195. The number of benzene rings is 2. The molecule has 3 aliphatic heterocycles. The summed E-state index contributed by atoms with van der Waals surface area (Å²) in [5.41, 5.74) is 0.634. The summed E-state index contributed by atoms with van der Waals surface area (Å²) in [4.78, 5) is 24.1. The van der Waals surface area contributed by atoms with Crippen LogP contribution in [0.2, 0.25) is 0 Å². The zero-order chi connectivity index (χ0) is 25.1. The van der Waals surface area contributed by atoms with Crippen LogP contribution in [0, 0.1) is 5.82 Å². The number of likely N-dealkylation sites (tertiary alicyclic amines) is 2. The molecule has 1 amide bonds. The Morgan fingerprint density at radius 3 is 2.33 bits per heavy atom. The number of methoxy groups -OCH3 is 1. The van der Waals surface area contributed by atoms with Crippen LogP contribution in [-0.2, 0) is 4.79 Å². The molecular weight excluding hydrogens is 475 g/mol. The van der Waals surface area contributed by atoms with Crippen LogP contribution < -0.4 is 9.64 Å². The van der Waals surface area contributed by atoms with E-state index in [-0.39, 0.29) is 17.8 Å². The number of rotatable bonds is 6. The third-order valence-electron chi connectivity index (χ3n) is 7.89. The lowest BCUT2D eigenvalue weighted by molar-refractivity contribution is -0.137. The van der Waals surface area contributed by atoms with Crippen molar-refractivity contribution >= 4 is 23.4 Å². The van der Waals surface area contributed by atoms with Gasteiger partial charge >= 0.3 is 0 Å². The molecule has 0 saturated carbocycles. The Kier molecular flexibility index (Phi) is 8.03. The van der Waals surface area contributed by atoms with Crippen LogP contribution in [0.1, 0.15) is 19.3 Å². The maximum Gasteiger partial charge on any atom is 0.240 e. The van der Waals surface area contributed by atoms with Gasteiger partial charge in [-0.15, -0.1) is 11.8 Å². The highest BCUT2D eigenvalue weighted by atomic mass is 32.2. The third kappa shape index (κ3) is 5.66. The second-order valence-electron chi connectivity index (χ2n) is 10.2. The van der Waals surface area contributed by atoms with Gasteiger partial charge in [0.25, 0.3) is 0 Å². The maximum atomic E-state index is 14.3. The minimum Gasteiger partial charge on any atom is -0.497 e. The normalized spacial score (nSPS) is 24.3. The number of hydrogen-bond acceptors (Lipinski definition) is 6. The number of nitrogens with zero attached hydrogens (tertiary/aromatic N) is 4. The first-order chi connectivity index (χ1) is 17.5. The van der Waals surface area contributed by atoms with E-state index < -0.39 is 0 Å². The lowest BCUT2D eigenvalue weighted by Crippen LogP contribution is -2.56. The summed E-state index contributed by atoms with van der Waals surface area (Å²) in [7, 11) is 3.87. The second-order valence-corrected chi connectivity index (χ2v) is 11.5. The number of amides is 1. The molecule has 2 atom stereocenters. The van der Waals surface area contributed by atoms with Crippen molar-refractivity contribution in [2.75, 3.05) is 64.9 Å². The molecule has 3 fully saturated rings.